The van der Waals surface area contributed by atoms with Gasteiger partial charge in [0.15, 0.2) is 23.0 Å². The van der Waals surface area contributed by atoms with Crippen LogP contribution < -0.4 is 4.72 Å². The molecule has 0 spiro atoms. The molecule has 2 aromatic carbocycles. The van der Waals surface area contributed by atoms with Gasteiger partial charge in [-0.1, -0.05) is 20.8 Å². The van der Waals surface area contributed by atoms with Gasteiger partial charge in [-0.2, -0.15) is 15.5 Å². The summed E-state index contributed by atoms with van der Waals surface area (Å²) in [4.78, 5) is 38.2. The lowest BCUT2D eigenvalue weighted by atomic mass is 9.91. The number of azo groups is 1. The van der Waals surface area contributed by atoms with Crippen LogP contribution in [-0.2, 0) is 15.4 Å². The predicted octanol–water partition coefficient (Wildman–Crippen LogP) is 3.96. The SMILES string of the molecule is CC(C)(C)c1nn2nc(-c3cc(NS(C)(=O)=O)cc(C(=O)O)c3)[nH]c2c1/N=N/c1c(C#N)cnn1-c1cc(C(=O)O)cc(C(=O)O)c1. The standard InChI is InChI=1S/C28H24N10O8S/c1-28(2,3)21-20(24-31-22(35-38(24)34-21)13-5-14(25(39)40)8-18(7-13)36-47(4,45)46)32-33-23-17(11-29)12-30-37(23)19-9-15(26(41)42)6-16(10-19)27(43)44/h5-10,12,36H,1-4H3,(H,31,35)(H,39,40)(H,41,42)(H,43,44)/b33-32+. The van der Waals surface area contributed by atoms with Gasteiger partial charge in [0.25, 0.3) is 0 Å². The van der Waals surface area contributed by atoms with E-state index in [4.69, 9.17) is 0 Å². The fraction of sp³-hybridized carbons (Fsp3) is 0.179. The summed E-state index contributed by atoms with van der Waals surface area (Å²) in [6.45, 7) is 5.55. The number of nitrogens with zero attached hydrogens (tertiary/aromatic N) is 8. The van der Waals surface area contributed by atoms with Gasteiger partial charge in [0, 0.05) is 11.0 Å². The molecule has 3 heterocycles. The highest BCUT2D eigenvalue weighted by molar-refractivity contribution is 7.92. The van der Waals surface area contributed by atoms with Crippen molar-refractivity contribution in [3.05, 3.63) is 70.5 Å². The summed E-state index contributed by atoms with van der Waals surface area (Å²) in [5.41, 5.74) is -0.591. The molecular formula is C28H24N10O8S. The van der Waals surface area contributed by atoms with Crippen molar-refractivity contribution in [2.45, 2.75) is 26.2 Å². The number of hydrogen-bond acceptors (Lipinski definition) is 11. The summed E-state index contributed by atoms with van der Waals surface area (Å²) in [6.07, 6.45) is 2.08. The first-order valence-electron chi connectivity index (χ1n) is 13.3. The van der Waals surface area contributed by atoms with Gasteiger partial charge in [-0.15, -0.1) is 20.0 Å². The zero-order chi connectivity index (χ0) is 34.4. The molecule has 0 amide bonds. The molecule has 0 unspecified atom stereocenters. The fourth-order valence-corrected chi connectivity index (χ4v) is 5.03. The van der Waals surface area contributed by atoms with Crippen LogP contribution in [0.5, 0.6) is 0 Å². The van der Waals surface area contributed by atoms with Crippen LogP contribution in [0, 0.1) is 11.3 Å². The number of nitriles is 1. The number of carboxylic acids is 3. The Morgan fingerprint density at radius 3 is 2.11 bits per heavy atom. The number of hydrogen-bond donors (Lipinski definition) is 5. The fourth-order valence-electron chi connectivity index (χ4n) is 4.49. The summed E-state index contributed by atoms with van der Waals surface area (Å²) < 4.78 is 28.2. The van der Waals surface area contributed by atoms with Gasteiger partial charge >= 0.3 is 17.9 Å². The molecule has 0 bridgehead atoms. The lowest BCUT2D eigenvalue weighted by Crippen LogP contribution is -2.12. The number of aromatic carboxylic acids is 3. The van der Waals surface area contributed by atoms with Crippen LogP contribution in [0.15, 0.2) is 52.8 Å². The van der Waals surface area contributed by atoms with Crippen LogP contribution in [0.1, 0.15) is 63.1 Å². The third-order valence-corrected chi connectivity index (χ3v) is 7.11. The summed E-state index contributed by atoms with van der Waals surface area (Å²) in [7, 11) is -3.74. The van der Waals surface area contributed by atoms with Gasteiger partial charge in [-0.25, -0.2) is 27.5 Å². The summed E-state index contributed by atoms with van der Waals surface area (Å²) in [5, 5.41) is 60.1. The minimum Gasteiger partial charge on any atom is -0.478 e. The number of aromatic amines is 1. The smallest absolute Gasteiger partial charge is 0.335 e. The van der Waals surface area contributed by atoms with Crippen molar-refractivity contribution in [3.63, 3.8) is 0 Å². The minimum absolute atomic E-state index is 0.00501. The number of anilines is 1. The predicted molar refractivity (Wildman–Crippen MR) is 163 cm³/mol. The molecule has 0 radical (unpaired) electrons. The number of H-pyrrole nitrogens is 1. The normalized spacial score (nSPS) is 12.0. The molecule has 0 aliphatic heterocycles. The van der Waals surface area contributed by atoms with E-state index >= 15 is 0 Å². The van der Waals surface area contributed by atoms with Crippen molar-refractivity contribution in [2.75, 3.05) is 11.0 Å². The Balaban J connectivity index is 1.67. The van der Waals surface area contributed by atoms with Gasteiger partial charge in [0.05, 0.1) is 46.2 Å². The van der Waals surface area contributed by atoms with E-state index in [0.717, 1.165) is 29.3 Å². The first kappa shape index (κ1) is 32.0. The lowest BCUT2D eigenvalue weighted by molar-refractivity contribution is 0.0682. The Labute approximate surface area is 264 Å². The molecule has 0 atom stereocenters. The molecule has 0 saturated carbocycles. The molecule has 3 aromatic heterocycles. The van der Waals surface area contributed by atoms with Gasteiger partial charge in [-0.3, -0.25) is 4.72 Å². The van der Waals surface area contributed by atoms with E-state index < -0.39 is 33.3 Å². The maximum atomic E-state index is 11.8. The molecule has 240 valence electrons. The Hall–Kier alpha value is -6.42. The highest BCUT2D eigenvalue weighted by atomic mass is 32.2. The summed E-state index contributed by atoms with van der Waals surface area (Å²) in [6, 6.07) is 9.06. The third-order valence-electron chi connectivity index (χ3n) is 6.51. The van der Waals surface area contributed by atoms with E-state index in [1.165, 1.54) is 28.9 Å². The molecule has 19 heteroatoms. The highest BCUT2D eigenvalue weighted by Crippen LogP contribution is 2.36. The summed E-state index contributed by atoms with van der Waals surface area (Å²) >= 11 is 0. The van der Waals surface area contributed by atoms with Crippen molar-refractivity contribution in [3.8, 4) is 23.1 Å². The Morgan fingerprint density at radius 1 is 0.936 bits per heavy atom. The quantitative estimate of drug-likeness (QED) is 0.141. The van der Waals surface area contributed by atoms with E-state index in [0.29, 0.717) is 5.69 Å². The zero-order valence-corrected chi connectivity index (χ0v) is 25.7. The number of sulfonamides is 1. The maximum Gasteiger partial charge on any atom is 0.335 e. The second kappa shape index (κ2) is 11.5. The van der Waals surface area contributed by atoms with Crippen molar-refractivity contribution in [1.29, 1.82) is 5.26 Å². The number of aromatic nitrogens is 6. The molecule has 0 saturated heterocycles. The van der Waals surface area contributed by atoms with E-state index in [-0.39, 0.29) is 62.2 Å². The second-order valence-electron chi connectivity index (χ2n) is 11.2. The first-order chi connectivity index (χ1) is 21.9. The van der Waals surface area contributed by atoms with Gasteiger partial charge in [0.1, 0.15) is 11.6 Å². The summed E-state index contributed by atoms with van der Waals surface area (Å²) in [5.74, 6) is -4.11. The molecular weight excluding hydrogens is 636 g/mol. The number of carbonyl (C=O) groups is 3. The lowest BCUT2D eigenvalue weighted by Gasteiger charge is -2.15. The average Bonchev–Trinajstić information content (AvgIpc) is 3.67. The minimum atomic E-state index is -3.74. The largest absolute Gasteiger partial charge is 0.478 e. The van der Waals surface area contributed by atoms with E-state index in [1.54, 1.807) is 0 Å². The Kier molecular flexibility index (Phi) is 7.83. The molecule has 0 aliphatic carbocycles. The molecule has 5 rings (SSSR count). The monoisotopic (exact) mass is 660 g/mol. The van der Waals surface area contributed by atoms with Crippen LogP contribution in [0.4, 0.5) is 17.2 Å². The van der Waals surface area contributed by atoms with Gasteiger partial charge in [0.2, 0.25) is 10.0 Å². The van der Waals surface area contributed by atoms with Crippen molar-refractivity contribution >= 4 is 50.8 Å². The van der Waals surface area contributed by atoms with E-state index in [2.05, 4.69) is 35.2 Å². The zero-order valence-electron chi connectivity index (χ0n) is 24.9. The Bertz CT molecular complexity index is 2270. The first-order valence-corrected chi connectivity index (χ1v) is 15.2. The number of fused-ring (bicyclic) bond motifs is 1. The van der Waals surface area contributed by atoms with Crippen molar-refractivity contribution in [1.82, 2.24) is 29.6 Å². The van der Waals surface area contributed by atoms with Crippen molar-refractivity contribution < 1.29 is 38.1 Å². The van der Waals surface area contributed by atoms with Crippen LogP contribution in [0.25, 0.3) is 22.7 Å². The molecule has 5 N–H and O–H groups in total. The maximum absolute atomic E-state index is 11.8. The van der Waals surface area contributed by atoms with Crippen LogP contribution in [-0.4, -0.2) is 77.5 Å². The van der Waals surface area contributed by atoms with Gasteiger partial charge in [-0.05, 0) is 36.4 Å². The molecule has 47 heavy (non-hydrogen) atoms. The average molecular weight is 661 g/mol. The van der Waals surface area contributed by atoms with Crippen LogP contribution in [0.2, 0.25) is 0 Å². The van der Waals surface area contributed by atoms with Crippen LogP contribution in [0.3, 0.4) is 0 Å². The Morgan fingerprint density at radius 2 is 1.55 bits per heavy atom. The number of benzene rings is 2. The number of nitrogens with one attached hydrogen (secondary N) is 2. The topological polar surface area (TPSA) is 270 Å². The van der Waals surface area contributed by atoms with E-state index in [1.807, 2.05) is 26.8 Å². The van der Waals surface area contributed by atoms with Gasteiger partial charge < -0.3 is 20.3 Å². The highest BCUT2D eigenvalue weighted by Gasteiger charge is 2.27. The third kappa shape index (κ3) is 6.52. The molecule has 0 fully saturated rings. The van der Waals surface area contributed by atoms with Crippen molar-refractivity contribution in [2.24, 2.45) is 10.2 Å². The number of rotatable bonds is 9. The second-order valence-corrected chi connectivity index (χ2v) is 13.0. The number of carboxylic acid groups (broad SMARTS) is 3. The van der Waals surface area contributed by atoms with Crippen LogP contribution >= 0.6 is 0 Å². The van der Waals surface area contributed by atoms with E-state index in [9.17, 15) is 43.4 Å². The molecule has 0 aliphatic rings. The molecule has 18 nitrogen and oxygen atoms in total. The molecule has 5 aromatic rings.